The molecule has 6 heteroatoms. The molecule has 0 aliphatic carbocycles. The van der Waals surface area contributed by atoms with Crippen molar-refractivity contribution in [3.63, 3.8) is 0 Å². The highest BCUT2D eigenvalue weighted by atomic mass is 35.5. The topological polar surface area (TPSA) is 47.0 Å². The Hall–Kier alpha value is -1.52. The summed E-state index contributed by atoms with van der Waals surface area (Å²) in [5, 5.41) is 4.40. The number of ether oxygens (including phenoxy) is 1. The third-order valence-electron chi connectivity index (χ3n) is 3.13. The second kappa shape index (κ2) is 6.96. The highest BCUT2D eigenvalue weighted by molar-refractivity contribution is 6.31. The average molecular weight is 326 g/mol. The zero-order valence-electron chi connectivity index (χ0n) is 12.2. The number of hydrogen-bond acceptors (Lipinski definition) is 4. The predicted octanol–water partition coefficient (Wildman–Crippen LogP) is 4.80. The molecule has 0 bridgehead atoms. The fraction of sp³-hybridized carbons (Fsp3) is 0.333. The summed E-state index contributed by atoms with van der Waals surface area (Å²) in [6.45, 7) is 4.02. The van der Waals surface area contributed by atoms with E-state index in [0.717, 1.165) is 29.7 Å². The summed E-state index contributed by atoms with van der Waals surface area (Å²) in [6.07, 6.45) is 3.20. The molecule has 21 heavy (non-hydrogen) atoms. The second-order valence-electron chi connectivity index (χ2n) is 4.67. The van der Waals surface area contributed by atoms with E-state index in [-0.39, 0.29) is 0 Å². The molecule has 0 atom stereocenters. The van der Waals surface area contributed by atoms with Crippen molar-refractivity contribution in [2.45, 2.75) is 26.7 Å². The molecule has 2 aromatic rings. The normalized spacial score (nSPS) is 10.5. The molecule has 0 saturated heterocycles. The Kier molecular flexibility index (Phi) is 5.26. The van der Waals surface area contributed by atoms with Crippen LogP contribution in [0.5, 0.6) is 5.75 Å². The molecule has 4 nitrogen and oxygen atoms in total. The summed E-state index contributed by atoms with van der Waals surface area (Å²) in [5.41, 5.74) is 2.65. The van der Waals surface area contributed by atoms with Crippen LogP contribution in [0.3, 0.4) is 0 Å². The average Bonchev–Trinajstić information content (AvgIpc) is 2.46. The first-order valence-corrected chi connectivity index (χ1v) is 7.43. The van der Waals surface area contributed by atoms with Gasteiger partial charge in [-0.15, -0.1) is 0 Å². The van der Waals surface area contributed by atoms with E-state index in [0.29, 0.717) is 21.7 Å². The van der Waals surface area contributed by atoms with Gasteiger partial charge in [-0.1, -0.05) is 36.5 Å². The molecule has 0 fully saturated rings. The number of hydrogen-bond donors (Lipinski definition) is 1. The van der Waals surface area contributed by atoms with Crippen LogP contribution in [-0.2, 0) is 6.42 Å². The van der Waals surface area contributed by atoms with Crippen LogP contribution in [0.2, 0.25) is 10.2 Å². The maximum atomic E-state index is 6.16. The summed E-state index contributed by atoms with van der Waals surface area (Å²) >= 11 is 12.3. The number of benzene rings is 1. The molecule has 2 rings (SSSR count). The zero-order chi connectivity index (χ0) is 15.4. The number of nitrogens with zero attached hydrogens (tertiary/aromatic N) is 2. The third-order valence-corrected chi connectivity index (χ3v) is 3.86. The Labute approximate surface area is 134 Å². The van der Waals surface area contributed by atoms with E-state index in [1.165, 1.54) is 6.33 Å². The first-order valence-electron chi connectivity index (χ1n) is 6.67. The standard InChI is InChI=1S/C15H17Cl2N3O/c1-4-5-10-14(17)18-8-19-15(10)20-12-6-9(2)11(16)7-13(12)21-3/h6-8H,4-5H2,1-3H3,(H,18,19,20). The quantitative estimate of drug-likeness (QED) is 0.802. The molecule has 0 radical (unpaired) electrons. The van der Waals surface area contributed by atoms with Crippen LogP contribution in [-0.4, -0.2) is 17.1 Å². The van der Waals surface area contributed by atoms with Crippen molar-refractivity contribution in [2.75, 3.05) is 12.4 Å². The third kappa shape index (κ3) is 3.57. The molecule has 112 valence electrons. The number of anilines is 2. The van der Waals surface area contributed by atoms with Crippen LogP contribution in [0.4, 0.5) is 11.5 Å². The van der Waals surface area contributed by atoms with E-state index in [1.807, 2.05) is 13.0 Å². The minimum absolute atomic E-state index is 0.471. The molecule has 0 saturated carbocycles. The first kappa shape index (κ1) is 15.9. The lowest BCUT2D eigenvalue weighted by Crippen LogP contribution is -2.03. The van der Waals surface area contributed by atoms with Gasteiger partial charge in [0.2, 0.25) is 0 Å². The Morgan fingerprint density at radius 3 is 2.67 bits per heavy atom. The fourth-order valence-corrected chi connectivity index (χ4v) is 2.41. The Morgan fingerprint density at radius 1 is 1.24 bits per heavy atom. The number of methoxy groups -OCH3 is 1. The van der Waals surface area contributed by atoms with Gasteiger partial charge in [0.1, 0.15) is 23.0 Å². The van der Waals surface area contributed by atoms with Gasteiger partial charge in [0.15, 0.2) is 0 Å². The van der Waals surface area contributed by atoms with Gasteiger partial charge in [0, 0.05) is 16.7 Å². The van der Waals surface area contributed by atoms with Gasteiger partial charge in [0.25, 0.3) is 0 Å². The van der Waals surface area contributed by atoms with Gasteiger partial charge in [-0.25, -0.2) is 9.97 Å². The first-order chi connectivity index (χ1) is 10.1. The molecule has 1 heterocycles. The van der Waals surface area contributed by atoms with Crippen molar-refractivity contribution >= 4 is 34.7 Å². The van der Waals surface area contributed by atoms with E-state index < -0.39 is 0 Å². The maximum Gasteiger partial charge on any atom is 0.143 e. The van der Waals surface area contributed by atoms with Crippen molar-refractivity contribution < 1.29 is 4.74 Å². The highest BCUT2D eigenvalue weighted by Crippen LogP contribution is 2.34. The summed E-state index contributed by atoms with van der Waals surface area (Å²) in [4.78, 5) is 8.32. The second-order valence-corrected chi connectivity index (χ2v) is 5.43. The monoisotopic (exact) mass is 325 g/mol. The van der Waals surface area contributed by atoms with Crippen LogP contribution in [0.25, 0.3) is 0 Å². The van der Waals surface area contributed by atoms with Gasteiger partial charge in [-0.3, -0.25) is 0 Å². The molecule has 0 unspecified atom stereocenters. The molecule has 1 N–H and O–H groups in total. The Bertz CT molecular complexity index is 647. The smallest absolute Gasteiger partial charge is 0.143 e. The molecule has 1 aromatic carbocycles. The maximum absolute atomic E-state index is 6.16. The van der Waals surface area contributed by atoms with Crippen LogP contribution in [0.15, 0.2) is 18.5 Å². The van der Waals surface area contributed by atoms with Crippen LogP contribution in [0.1, 0.15) is 24.5 Å². The molecular formula is C15H17Cl2N3O. The SMILES string of the molecule is CCCc1c(Cl)ncnc1Nc1cc(C)c(Cl)cc1OC. The largest absolute Gasteiger partial charge is 0.495 e. The van der Waals surface area contributed by atoms with Crippen LogP contribution < -0.4 is 10.1 Å². The van der Waals surface area contributed by atoms with E-state index in [1.54, 1.807) is 13.2 Å². The lowest BCUT2D eigenvalue weighted by atomic mass is 10.1. The van der Waals surface area contributed by atoms with Gasteiger partial charge < -0.3 is 10.1 Å². The summed E-state index contributed by atoms with van der Waals surface area (Å²) in [7, 11) is 1.60. The lowest BCUT2D eigenvalue weighted by Gasteiger charge is -2.15. The lowest BCUT2D eigenvalue weighted by molar-refractivity contribution is 0.416. The molecule has 0 spiro atoms. The van der Waals surface area contributed by atoms with Crippen molar-refractivity contribution in [1.29, 1.82) is 0 Å². The molecule has 1 aromatic heterocycles. The van der Waals surface area contributed by atoms with Crippen molar-refractivity contribution in [3.8, 4) is 5.75 Å². The number of halogens is 2. The van der Waals surface area contributed by atoms with Crippen molar-refractivity contribution in [1.82, 2.24) is 9.97 Å². The van der Waals surface area contributed by atoms with Gasteiger partial charge in [-0.2, -0.15) is 0 Å². The van der Waals surface area contributed by atoms with Crippen molar-refractivity contribution in [3.05, 3.63) is 39.8 Å². The Balaban J connectivity index is 2.43. The number of rotatable bonds is 5. The highest BCUT2D eigenvalue weighted by Gasteiger charge is 2.13. The number of aryl methyl sites for hydroxylation is 1. The van der Waals surface area contributed by atoms with E-state index in [9.17, 15) is 0 Å². The predicted molar refractivity (Wildman–Crippen MR) is 87.1 cm³/mol. The minimum atomic E-state index is 0.471. The van der Waals surface area contributed by atoms with Gasteiger partial charge >= 0.3 is 0 Å². The zero-order valence-corrected chi connectivity index (χ0v) is 13.7. The molecule has 0 aliphatic rings. The van der Waals surface area contributed by atoms with E-state index in [2.05, 4.69) is 22.2 Å². The van der Waals surface area contributed by atoms with Gasteiger partial charge in [-0.05, 0) is 25.0 Å². The summed E-state index contributed by atoms with van der Waals surface area (Å²) in [5.74, 6) is 1.35. The van der Waals surface area contributed by atoms with E-state index >= 15 is 0 Å². The molecule has 0 aliphatic heterocycles. The van der Waals surface area contributed by atoms with E-state index in [4.69, 9.17) is 27.9 Å². The molecular weight excluding hydrogens is 309 g/mol. The van der Waals surface area contributed by atoms with Gasteiger partial charge in [0.05, 0.1) is 12.8 Å². The minimum Gasteiger partial charge on any atom is -0.495 e. The number of nitrogens with one attached hydrogen (secondary N) is 1. The van der Waals surface area contributed by atoms with Crippen molar-refractivity contribution in [2.24, 2.45) is 0 Å². The molecule has 0 amide bonds. The van der Waals surface area contributed by atoms with Crippen LogP contribution >= 0.6 is 23.2 Å². The summed E-state index contributed by atoms with van der Waals surface area (Å²) < 4.78 is 5.36. The summed E-state index contributed by atoms with van der Waals surface area (Å²) in [6, 6.07) is 3.70. The number of aromatic nitrogens is 2. The van der Waals surface area contributed by atoms with Crippen LogP contribution in [0, 0.1) is 6.92 Å². The Morgan fingerprint density at radius 2 is 2.00 bits per heavy atom. The fourth-order valence-electron chi connectivity index (χ4n) is 2.03.